The summed E-state index contributed by atoms with van der Waals surface area (Å²) in [6, 6.07) is 14.0. The van der Waals surface area contributed by atoms with E-state index in [0.29, 0.717) is 68.1 Å². The van der Waals surface area contributed by atoms with E-state index in [-0.39, 0.29) is 23.0 Å². The van der Waals surface area contributed by atoms with Gasteiger partial charge in [0.15, 0.2) is 11.6 Å². The van der Waals surface area contributed by atoms with Crippen LogP contribution in [0.1, 0.15) is 25.0 Å². The Hall–Kier alpha value is -6.84. The van der Waals surface area contributed by atoms with E-state index in [1.807, 2.05) is 24.3 Å². The fourth-order valence-electron chi connectivity index (χ4n) is 5.62. The van der Waals surface area contributed by atoms with Crippen LogP contribution in [0.5, 0.6) is 34.5 Å². The Morgan fingerprint density at radius 2 is 0.904 bits per heavy atom. The van der Waals surface area contributed by atoms with Gasteiger partial charge in [-0.05, 0) is 26.0 Å². The van der Waals surface area contributed by atoms with Crippen LogP contribution in [0.2, 0.25) is 0 Å². The molecule has 0 saturated carbocycles. The van der Waals surface area contributed by atoms with Gasteiger partial charge in [0.1, 0.15) is 57.6 Å². The molecule has 3 heterocycles. The molecule has 0 saturated heterocycles. The molecule has 3 aromatic carbocycles. The molecule has 1 aromatic heterocycles. The number of ether oxygens (including phenoxy) is 6. The van der Waals surface area contributed by atoms with E-state index in [2.05, 4.69) is 31.0 Å². The monoisotopic (exact) mass is 708 g/mol. The molecular formula is C36H36N8O8. The molecule has 2 N–H and O–H groups in total. The minimum absolute atomic E-state index is 0.137. The minimum atomic E-state index is -0.440. The Morgan fingerprint density at radius 1 is 0.558 bits per heavy atom. The van der Waals surface area contributed by atoms with Crippen molar-refractivity contribution in [3.8, 4) is 34.5 Å². The van der Waals surface area contributed by atoms with Crippen LogP contribution in [0, 0.1) is 0 Å². The number of anilines is 2. The maximum Gasteiger partial charge on any atom is 0.296 e. The average Bonchev–Trinajstić information content (AvgIpc) is 3.59. The fraction of sp³-hybridized carbons (Fsp3) is 0.222. The van der Waals surface area contributed by atoms with Crippen molar-refractivity contribution in [1.29, 1.82) is 0 Å². The lowest BCUT2D eigenvalue weighted by molar-refractivity contribution is -0.122. The quantitative estimate of drug-likeness (QED) is 0.190. The van der Waals surface area contributed by atoms with Crippen molar-refractivity contribution >= 4 is 58.0 Å². The van der Waals surface area contributed by atoms with E-state index in [0.717, 1.165) is 0 Å². The van der Waals surface area contributed by atoms with Gasteiger partial charge in [0.2, 0.25) is 0 Å². The molecular weight excluding hydrogens is 672 g/mol. The van der Waals surface area contributed by atoms with Crippen LogP contribution in [-0.4, -0.2) is 86.4 Å². The molecule has 16 nitrogen and oxygen atoms in total. The fourth-order valence-corrected chi connectivity index (χ4v) is 5.62. The first-order chi connectivity index (χ1) is 25.1. The van der Waals surface area contributed by atoms with E-state index in [1.165, 1.54) is 52.7 Å². The van der Waals surface area contributed by atoms with Gasteiger partial charge in [-0.2, -0.15) is 0 Å². The van der Waals surface area contributed by atoms with Crippen LogP contribution in [0.3, 0.4) is 0 Å². The summed E-state index contributed by atoms with van der Waals surface area (Å²) in [5, 5.41) is 12.5. The van der Waals surface area contributed by atoms with Crippen LogP contribution < -0.4 is 39.3 Å². The highest BCUT2D eigenvalue weighted by atomic mass is 16.5. The molecule has 4 aromatic rings. The number of carbonyl (C=O) groups excluding carboxylic acids is 2. The topological polar surface area (TPSA) is 171 Å². The summed E-state index contributed by atoms with van der Waals surface area (Å²) < 4.78 is 32.8. The van der Waals surface area contributed by atoms with Crippen LogP contribution >= 0.6 is 0 Å². The number of fused-ring (bicyclic) bond motifs is 1. The van der Waals surface area contributed by atoms with Crippen LogP contribution in [0.4, 0.5) is 11.6 Å². The lowest BCUT2D eigenvalue weighted by Gasteiger charge is -2.21. The first-order valence-corrected chi connectivity index (χ1v) is 15.8. The van der Waals surface area contributed by atoms with Crippen molar-refractivity contribution in [1.82, 2.24) is 20.2 Å². The first kappa shape index (κ1) is 35.0. The van der Waals surface area contributed by atoms with Crippen molar-refractivity contribution in [2.24, 2.45) is 9.98 Å². The zero-order valence-corrected chi connectivity index (χ0v) is 29.7. The predicted octanol–water partition coefficient (Wildman–Crippen LogP) is 4.94. The van der Waals surface area contributed by atoms with Gasteiger partial charge >= 0.3 is 0 Å². The van der Waals surface area contributed by atoms with Crippen LogP contribution in [0.15, 0.2) is 69.9 Å². The molecule has 0 aliphatic carbocycles. The van der Waals surface area contributed by atoms with E-state index in [1.54, 1.807) is 50.3 Å². The Labute approximate surface area is 298 Å². The molecule has 268 valence electrons. The van der Waals surface area contributed by atoms with E-state index >= 15 is 0 Å². The summed E-state index contributed by atoms with van der Waals surface area (Å²) in [4.78, 5) is 36.3. The highest BCUT2D eigenvalue weighted by molar-refractivity contribution is 6.16. The number of carbonyl (C=O) groups is 2. The second kappa shape index (κ2) is 14.6. The number of aliphatic imine (C=N–C) groups is 2. The third-order valence-electron chi connectivity index (χ3n) is 8.25. The van der Waals surface area contributed by atoms with Gasteiger partial charge in [-0.15, -0.1) is 10.2 Å². The van der Waals surface area contributed by atoms with Crippen LogP contribution in [-0.2, 0) is 9.59 Å². The van der Waals surface area contributed by atoms with Gasteiger partial charge < -0.3 is 28.4 Å². The SMILES string of the molecule is COc1cc(OC)c(/C=C2\N=C(C)N(Nc3nnc(NN4C(=O)/C(=C/c5c(OC)cc(OC)cc5OC)N=C4C)c4ccccc34)C2=O)c(OC)c1. The number of hydrazine groups is 2. The number of aromatic nitrogens is 2. The van der Waals surface area contributed by atoms with Crippen molar-refractivity contribution < 1.29 is 38.0 Å². The zero-order chi connectivity index (χ0) is 37.1. The lowest BCUT2D eigenvalue weighted by atomic mass is 10.1. The van der Waals surface area contributed by atoms with Crippen LogP contribution in [0.25, 0.3) is 22.9 Å². The molecule has 0 spiro atoms. The number of amidine groups is 2. The molecule has 0 bridgehead atoms. The molecule has 2 amide bonds. The number of methoxy groups -OCH3 is 6. The van der Waals surface area contributed by atoms with Gasteiger partial charge in [-0.1, -0.05) is 24.3 Å². The van der Waals surface area contributed by atoms with Gasteiger partial charge in [-0.3, -0.25) is 20.4 Å². The van der Waals surface area contributed by atoms with E-state index in [4.69, 9.17) is 28.4 Å². The number of rotatable bonds is 12. The number of amides is 2. The summed E-state index contributed by atoms with van der Waals surface area (Å²) in [5.41, 5.74) is 7.43. The Balaban J connectivity index is 1.26. The van der Waals surface area contributed by atoms with Gasteiger partial charge in [0, 0.05) is 35.0 Å². The lowest BCUT2D eigenvalue weighted by Crippen LogP contribution is -2.37. The number of nitrogens with zero attached hydrogens (tertiary/aromatic N) is 6. The summed E-state index contributed by atoms with van der Waals surface area (Å²) in [5.74, 6) is 3.24. The highest BCUT2D eigenvalue weighted by Crippen LogP contribution is 2.38. The third-order valence-corrected chi connectivity index (χ3v) is 8.25. The van der Waals surface area contributed by atoms with Gasteiger partial charge in [-0.25, -0.2) is 20.0 Å². The first-order valence-electron chi connectivity index (χ1n) is 15.8. The van der Waals surface area contributed by atoms with Crippen molar-refractivity contribution in [2.75, 3.05) is 53.5 Å². The molecule has 16 heteroatoms. The number of hydrogen-bond acceptors (Lipinski definition) is 14. The molecule has 0 unspecified atom stereocenters. The molecule has 0 fully saturated rings. The summed E-state index contributed by atoms with van der Waals surface area (Å²) in [7, 11) is 9.12. The highest BCUT2D eigenvalue weighted by Gasteiger charge is 2.32. The minimum Gasteiger partial charge on any atom is -0.496 e. The number of benzene rings is 3. The van der Waals surface area contributed by atoms with Gasteiger partial charge in [0.25, 0.3) is 11.8 Å². The summed E-state index contributed by atoms with van der Waals surface area (Å²) in [6.45, 7) is 3.37. The van der Waals surface area contributed by atoms with E-state index in [9.17, 15) is 9.59 Å². The largest absolute Gasteiger partial charge is 0.496 e. The smallest absolute Gasteiger partial charge is 0.296 e. The molecule has 0 atom stereocenters. The number of nitrogens with one attached hydrogen (secondary N) is 2. The van der Waals surface area contributed by atoms with Crippen molar-refractivity contribution in [2.45, 2.75) is 13.8 Å². The second-order valence-corrected chi connectivity index (χ2v) is 11.2. The molecule has 2 aliphatic heterocycles. The predicted molar refractivity (Wildman–Crippen MR) is 195 cm³/mol. The van der Waals surface area contributed by atoms with E-state index < -0.39 is 11.8 Å². The summed E-state index contributed by atoms with van der Waals surface area (Å²) >= 11 is 0. The molecule has 2 aliphatic rings. The zero-order valence-electron chi connectivity index (χ0n) is 29.7. The Morgan fingerprint density at radius 3 is 1.21 bits per heavy atom. The molecule has 0 radical (unpaired) electrons. The Kier molecular flexibility index (Phi) is 9.80. The maximum absolute atomic E-state index is 13.7. The third kappa shape index (κ3) is 6.44. The van der Waals surface area contributed by atoms with Crippen molar-refractivity contribution in [3.05, 3.63) is 71.1 Å². The van der Waals surface area contributed by atoms with Gasteiger partial charge in [0.05, 0.1) is 53.8 Å². The number of hydrogen-bond donors (Lipinski definition) is 2. The normalized spacial score (nSPS) is 15.6. The molecule has 6 rings (SSSR count). The second-order valence-electron chi connectivity index (χ2n) is 11.2. The van der Waals surface area contributed by atoms with Crippen molar-refractivity contribution in [3.63, 3.8) is 0 Å². The summed E-state index contributed by atoms with van der Waals surface area (Å²) in [6.07, 6.45) is 3.17. The maximum atomic E-state index is 13.7. The Bertz CT molecular complexity index is 2010. The standard InChI is InChI=1S/C36H36N8O8/c1-19-37-27(17-25-29(49-5)13-21(47-3)14-30(25)50-6)35(45)43(19)41-33-23-11-9-10-12-24(23)34(40-39-33)42-44-20(2)38-28(36(44)46)18-26-31(51-7)15-22(48-4)16-32(26)52-8/h9-18H,1-8H3,(H,39,41)(H,40,42)/b27-17-,28-18-. The molecule has 52 heavy (non-hydrogen) atoms. The average molecular weight is 709 g/mol.